The monoisotopic (exact) mass is 438 g/mol. The van der Waals surface area contributed by atoms with Gasteiger partial charge in [-0.05, 0) is 31.7 Å². The molecule has 1 aromatic rings. The van der Waals surface area contributed by atoms with Crippen LogP contribution in [0, 0.1) is 36.0 Å². The summed E-state index contributed by atoms with van der Waals surface area (Å²) in [4.78, 5) is 33.6. The minimum Gasteiger partial charge on any atom is -0.396 e. The van der Waals surface area contributed by atoms with E-state index in [2.05, 4.69) is 11.1 Å². The van der Waals surface area contributed by atoms with Crippen molar-refractivity contribution in [2.45, 2.75) is 57.3 Å². The van der Waals surface area contributed by atoms with Crippen LogP contribution < -0.4 is 0 Å². The van der Waals surface area contributed by atoms with Gasteiger partial charge in [0, 0.05) is 24.7 Å². The van der Waals surface area contributed by atoms with Crippen LogP contribution in [0.2, 0.25) is 0 Å². The van der Waals surface area contributed by atoms with E-state index in [1.165, 1.54) is 4.90 Å². The fourth-order valence-corrected chi connectivity index (χ4v) is 5.63. The molecular weight excluding hydrogens is 408 g/mol. The van der Waals surface area contributed by atoms with Crippen molar-refractivity contribution in [2.24, 2.45) is 28.8 Å². The van der Waals surface area contributed by atoms with Crippen molar-refractivity contribution in [3.63, 3.8) is 0 Å². The molecule has 0 radical (unpaired) electrons. The van der Waals surface area contributed by atoms with E-state index in [0.29, 0.717) is 38.0 Å². The molecular formula is C25H30N2O5. The Bertz CT molecular complexity index is 924. The summed E-state index contributed by atoms with van der Waals surface area (Å²) in [6, 6.07) is 9.07. The summed E-state index contributed by atoms with van der Waals surface area (Å²) in [6.45, 7) is 2.22. The second-order valence-electron chi connectivity index (χ2n) is 9.01. The Labute approximate surface area is 188 Å². The van der Waals surface area contributed by atoms with Gasteiger partial charge in [-0.3, -0.25) is 14.5 Å². The minimum atomic E-state index is -1.09. The quantitative estimate of drug-likeness (QED) is 0.307. The Morgan fingerprint density at radius 3 is 2.62 bits per heavy atom. The number of oxime groups is 1. The van der Waals surface area contributed by atoms with Crippen LogP contribution in [-0.2, 0) is 14.4 Å². The van der Waals surface area contributed by atoms with Crippen molar-refractivity contribution >= 4 is 17.5 Å². The van der Waals surface area contributed by atoms with Gasteiger partial charge >= 0.3 is 0 Å². The second-order valence-corrected chi connectivity index (χ2v) is 9.01. The number of aliphatic hydroxyl groups is 2. The Morgan fingerprint density at radius 1 is 1.19 bits per heavy atom. The normalized spacial score (nSPS) is 34.1. The van der Waals surface area contributed by atoms with E-state index in [1.807, 2.05) is 37.3 Å². The molecule has 32 heavy (non-hydrogen) atoms. The van der Waals surface area contributed by atoms with Crippen LogP contribution in [-0.4, -0.2) is 51.5 Å². The van der Waals surface area contributed by atoms with Crippen LogP contribution in [0.25, 0.3) is 0 Å². The van der Waals surface area contributed by atoms with Gasteiger partial charge in [0.2, 0.25) is 11.8 Å². The van der Waals surface area contributed by atoms with Crippen molar-refractivity contribution in [3.05, 3.63) is 35.9 Å². The van der Waals surface area contributed by atoms with Crippen molar-refractivity contribution in [2.75, 3.05) is 6.61 Å². The molecule has 7 nitrogen and oxygen atoms in total. The van der Waals surface area contributed by atoms with E-state index in [4.69, 9.17) is 11.3 Å². The average Bonchev–Trinajstić information content (AvgIpc) is 3.06. The molecule has 1 aliphatic heterocycles. The molecule has 1 heterocycles. The van der Waals surface area contributed by atoms with Crippen LogP contribution in [0.3, 0.4) is 0 Å². The summed E-state index contributed by atoms with van der Waals surface area (Å²) in [5.74, 6) is 0.184. The number of carbonyl (C=O) groups excluding carboxylic acids is 2. The lowest BCUT2D eigenvalue weighted by Crippen LogP contribution is -2.54. The Kier molecular flexibility index (Phi) is 6.63. The molecule has 2 aliphatic carbocycles. The van der Waals surface area contributed by atoms with Gasteiger partial charge in [0.05, 0.1) is 35.8 Å². The predicted molar refractivity (Wildman–Crippen MR) is 118 cm³/mol. The third-order valence-electron chi connectivity index (χ3n) is 7.22. The molecule has 7 atom stereocenters. The van der Waals surface area contributed by atoms with Crippen molar-refractivity contribution < 1.29 is 24.6 Å². The number of imide groups is 1. The third kappa shape index (κ3) is 3.94. The average molecular weight is 439 g/mol. The zero-order valence-electron chi connectivity index (χ0n) is 18.3. The molecule has 0 aromatic heterocycles. The van der Waals surface area contributed by atoms with E-state index in [-0.39, 0.29) is 24.2 Å². The number of terminal acetylenes is 1. The second kappa shape index (κ2) is 9.43. The summed E-state index contributed by atoms with van der Waals surface area (Å²) in [5.41, 5.74) is 1.54. The lowest BCUT2D eigenvalue weighted by atomic mass is 9.60. The zero-order valence-corrected chi connectivity index (χ0v) is 18.3. The number of nitrogens with zero attached hydrogens (tertiary/aromatic N) is 2. The van der Waals surface area contributed by atoms with Crippen LogP contribution in [0.15, 0.2) is 35.5 Å². The van der Waals surface area contributed by atoms with E-state index in [9.17, 15) is 19.8 Å². The number of unbranched alkanes of at least 4 members (excludes halogenated alkanes) is 1. The van der Waals surface area contributed by atoms with Gasteiger partial charge in [-0.1, -0.05) is 35.5 Å². The number of amides is 2. The van der Waals surface area contributed by atoms with Gasteiger partial charge in [0.1, 0.15) is 6.61 Å². The van der Waals surface area contributed by atoms with Crippen LogP contribution in [0.5, 0.6) is 0 Å². The smallest absolute Gasteiger partial charge is 0.234 e. The molecule has 0 spiro atoms. The molecule has 3 aliphatic rings. The number of rotatable bonds is 6. The summed E-state index contributed by atoms with van der Waals surface area (Å²) >= 11 is 0. The molecule has 2 N–H and O–H groups in total. The third-order valence-corrected chi connectivity index (χ3v) is 7.22. The van der Waals surface area contributed by atoms with Crippen molar-refractivity contribution in [1.29, 1.82) is 0 Å². The summed E-state index contributed by atoms with van der Waals surface area (Å²) in [7, 11) is 0. The maximum absolute atomic E-state index is 13.5. The van der Waals surface area contributed by atoms with Crippen LogP contribution in [0.4, 0.5) is 0 Å². The molecule has 7 heteroatoms. The Hall–Kier alpha value is -2.69. The fourth-order valence-electron chi connectivity index (χ4n) is 5.63. The molecule has 0 bridgehead atoms. The number of fused-ring (bicyclic) bond motifs is 3. The summed E-state index contributed by atoms with van der Waals surface area (Å²) in [6.07, 6.45) is 5.75. The number of hydrogen-bond donors (Lipinski definition) is 2. The summed E-state index contributed by atoms with van der Waals surface area (Å²) in [5, 5.41) is 25.7. The fraction of sp³-hybridized carbons (Fsp3) is 0.560. The highest BCUT2D eigenvalue weighted by Crippen LogP contribution is 2.51. The molecule has 1 aromatic carbocycles. The molecule has 3 fully saturated rings. The zero-order chi connectivity index (χ0) is 22.8. The Balaban J connectivity index is 1.58. The first-order chi connectivity index (χ1) is 15.5. The first kappa shape index (κ1) is 22.5. The number of carbonyl (C=O) groups is 2. The molecule has 2 amide bonds. The highest BCUT2D eigenvalue weighted by Gasteiger charge is 2.60. The van der Waals surface area contributed by atoms with Gasteiger partial charge in [-0.15, -0.1) is 12.3 Å². The SMILES string of the molecule is C#CCCCO/N=C1\C[C@@H](O)[C@@H](O)[C@@H]2[C@@H]3C(=O)N([C@@H](C)c4ccccc4)C(=O)[C@@H]3CC[C@@H]12. The molecule has 0 unspecified atom stereocenters. The van der Waals surface area contributed by atoms with Gasteiger partial charge in [0.15, 0.2) is 0 Å². The van der Waals surface area contributed by atoms with E-state index in [1.54, 1.807) is 0 Å². The standard InChI is InChI=1S/C25H30N2O5/c1-3-4-8-13-32-26-19-14-20(28)23(29)21-17(19)11-12-18-22(21)25(31)27(24(18)30)15(2)16-9-6-5-7-10-16/h1,5-7,9-10,15,17-18,20-23,28-29H,4,8,11-14H2,2H3/b26-19+/t15-,17-,18+,20+,21-,22+,23+/m0/s1. The minimum absolute atomic E-state index is 0.189. The number of hydrogen-bond acceptors (Lipinski definition) is 6. The molecule has 170 valence electrons. The lowest BCUT2D eigenvalue weighted by Gasteiger charge is -2.45. The number of aliphatic hydroxyl groups excluding tert-OH is 2. The van der Waals surface area contributed by atoms with Crippen molar-refractivity contribution in [1.82, 2.24) is 4.90 Å². The largest absolute Gasteiger partial charge is 0.396 e. The molecule has 1 saturated heterocycles. The first-order valence-corrected chi connectivity index (χ1v) is 11.4. The van der Waals surface area contributed by atoms with Gasteiger partial charge in [0.25, 0.3) is 0 Å². The van der Waals surface area contributed by atoms with E-state index in [0.717, 1.165) is 5.56 Å². The number of likely N-dealkylation sites (tertiary alicyclic amines) is 1. The highest BCUT2D eigenvalue weighted by atomic mass is 16.6. The van der Waals surface area contributed by atoms with Crippen LogP contribution >= 0.6 is 0 Å². The first-order valence-electron chi connectivity index (χ1n) is 11.4. The predicted octanol–water partition coefficient (Wildman–Crippen LogP) is 2.29. The Morgan fingerprint density at radius 2 is 1.91 bits per heavy atom. The van der Waals surface area contributed by atoms with Gasteiger partial charge in [-0.2, -0.15) is 0 Å². The van der Waals surface area contributed by atoms with E-state index < -0.39 is 36.0 Å². The molecule has 2 saturated carbocycles. The van der Waals surface area contributed by atoms with Gasteiger partial charge in [-0.25, -0.2) is 0 Å². The summed E-state index contributed by atoms with van der Waals surface area (Å²) < 4.78 is 0. The van der Waals surface area contributed by atoms with E-state index >= 15 is 0 Å². The lowest BCUT2D eigenvalue weighted by molar-refractivity contribution is -0.144. The maximum Gasteiger partial charge on any atom is 0.234 e. The topological polar surface area (TPSA) is 99.4 Å². The van der Waals surface area contributed by atoms with Crippen molar-refractivity contribution in [3.8, 4) is 12.3 Å². The maximum atomic E-state index is 13.5. The molecule has 4 rings (SSSR count). The number of benzene rings is 1. The van der Waals surface area contributed by atoms with Gasteiger partial charge < -0.3 is 15.1 Å². The van der Waals surface area contributed by atoms with Crippen LogP contribution in [0.1, 0.15) is 50.6 Å². The highest BCUT2D eigenvalue weighted by molar-refractivity contribution is 6.06.